The second-order valence-corrected chi connectivity index (χ2v) is 8.21. The van der Waals surface area contributed by atoms with Crippen LogP contribution in [0.15, 0.2) is 0 Å². The van der Waals surface area contributed by atoms with E-state index in [2.05, 4.69) is 46.9 Å². The lowest BCUT2D eigenvalue weighted by molar-refractivity contribution is -0.0795. The van der Waals surface area contributed by atoms with Gasteiger partial charge in [0.25, 0.3) is 0 Å². The first kappa shape index (κ1) is 16.3. The summed E-state index contributed by atoms with van der Waals surface area (Å²) >= 11 is 0. The Hall–Kier alpha value is -0.0800. The predicted octanol–water partition coefficient (Wildman–Crippen LogP) is 4.38. The second kappa shape index (κ2) is 5.96. The maximum atomic E-state index is 6.35. The van der Waals surface area contributed by atoms with Crippen molar-refractivity contribution in [3.63, 3.8) is 0 Å². The lowest BCUT2D eigenvalue weighted by atomic mass is 9.75. The third-order valence-corrected chi connectivity index (χ3v) is 5.68. The van der Waals surface area contributed by atoms with Gasteiger partial charge in [-0.3, -0.25) is 0 Å². The highest BCUT2D eigenvalue weighted by atomic mass is 16.5. The third kappa shape index (κ3) is 3.39. The molecule has 1 heterocycles. The van der Waals surface area contributed by atoms with E-state index in [1.807, 2.05) is 0 Å². The van der Waals surface area contributed by atoms with Crippen LogP contribution < -0.4 is 5.32 Å². The molecular formula is C18H35NO. The minimum atomic E-state index is 0.000633. The lowest BCUT2D eigenvalue weighted by Gasteiger charge is -2.37. The summed E-state index contributed by atoms with van der Waals surface area (Å²) in [5, 5.41) is 3.82. The van der Waals surface area contributed by atoms with Gasteiger partial charge in [-0.1, -0.05) is 26.7 Å². The summed E-state index contributed by atoms with van der Waals surface area (Å²) in [6, 6.07) is 0.633. The van der Waals surface area contributed by atoms with Gasteiger partial charge in [0.1, 0.15) is 0 Å². The topological polar surface area (TPSA) is 21.3 Å². The summed E-state index contributed by atoms with van der Waals surface area (Å²) in [5.41, 5.74) is 0.0330. The number of rotatable bonds is 5. The van der Waals surface area contributed by atoms with E-state index in [4.69, 9.17) is 4.74 Å². The van der Waals surface area contributed by atoms with Crippen molar-refractivity contribution in [1.29, 1.82) is 0 Å². The zero-order valence-electron chi connectivity index (χ0n) is 14.5. The van der Waals surface area contributed by atoms with Gasteiger partial charge in [0, 0.05) is 12.0 Å². The van der Waals surface area contributed by atoms with Crippen LogP contribution in [-0.4, -0.2) is 23.8 Å². The van der Waals surface area contributed by atoms with E-state index in [-0.39, 0.29) is 11.2 Å². The lowest BCUT2D eigenvalue weighted by Crippen LogP contribution is -2.48. The van der Waals surface area contributed by atoms with Crippen molar-refractivity contribution < 1.29 is 4.74 Å². The van der Waals surface area contributed by atoms with Crippen LogP contribution in [0.1, 0.15) is 73.6 Å². The van der Waals surface area contributed by atoms with Gasteiger partial charge in [0.2, 0.25) is 0 Å². The maximum Gasteiger partial charge on any atom is 0.0677 e. The smallest absolute Gasteiger partial charge is 0.0677 e. The molecule has 2 fully saturated rings. The average molecular weight is 281 g/mol. The monoisotopic (exact) mass is 281 g/mol. The molecule has 0 bridgehead atoms. The summed E-state index contributed by atoms with van der Waals surface area (Å²) in [6.07, 6.45) is 6.79. The van der Waals surface area contributed by atoms with Crippen molar-refractivity contribution in [2.75, 3.05) is 6.54 Å². The van der Waals surface area contributed by atoms with E-state index < -0.39 is 0 Å². The summed E-state index contributed by atoms with van der Waals surface area (Å²) in [7, 11) is 0. The first-order valence-electron chi connectivity index (χ1n) is 8.72. The van der Waals surface area contributed by atoms with Crippen LogP contribution in [0.5, 0.6) is 0 Å². The van der Waals surface area contributed by atoms with Crippen LogP contribution >= 0.6 is 0 Å². The Morgan fingerprint density at radius 2 is 1.85 bits per heavy atom. The SMILES string of the molecule is CCNC(C1CCC(CC)C1)C1CC(C)(C)OC1(C)C. The Morgan fingerprint density at radius 1 is 1.15 bits per heavy atom. The number of hydrogen-bond donors (Lipinski definition) is 1. The van der Waals surface area contributed by atoms with Gasteiger partial charge in [-0.25, -0.2) is 0 Å². The van der Waals surface area contributed by atoms with Crippen molar-refractivity contribution in [2.45, 2.75) is 90.9 Å². The highest BCUT2D eigenvalue weighted by Gasteiger charge is 2.50. The first-order valence-corrected chi connectivity index (χ1v) is 8.72. The average Bonchev–Trinajstić information content (AvgIpc) is 2.88. The molecule has 1 N–H and O–H groups in total. The Bertz CT molecular complexity index is 323. The summed E-state index contributed by atoms with van der Waals surface area (Å²) in [6.45, 7) is 14.8. The molecule has 4 atom stereocenters. The molecule has 2 heteroatoms. The molecule has 2 aliphatic rings. The van der Waals surface area contributed by atoms with Gasteiger partial charge in [0.15, 0.2) is 0 Å². The minimum Gasteiger partial charge on any atom is -0.369 e. The standard InChI is InChI=1S/C18H35NO/c1-7-13-9-10-14(11-13)16(19-8-2)15-12-17(3,4)20-18(15,5)6/h13-16,19H,7-12H2,1-6H3. The van der Waals surface area contributed by atoms with Crippen LogP contribution in [0, 0.1) is 17.8 Å². The summed E-state index contributed by atoms with van der Waals surface area (Å²) in [5.74, 6) is 2.44. The van der Waals surface area contributed by atoms with Gasteiger partial charge in [-0.05, 0) is 65.3 Å². The van der Waals surface area contributed by atoms with Crippen molar-refractivity contribution in [3.8, 4) is 0 Å². The van der Waals surface area contributed by atoms with Gasteiger partial charge in [-0.2, -0.15) is 0 Å². The number of ether oxygens (including phenoxy) is 1. The molecule has 4 unspecified atom stereocenters. The molecule has 0 spiro atoms. The molecule has 1 saturated carbocycles. The fraction of sp³-hybridized carbons (Fsp3) is 1.00. The normalized spacial score (nSPS) is 37.2. The van der Waals surface area contributed by atoms with Gasteiger partial charge >= 0.3 is 0 Å². The molecule has 0 aromatic carbocycles. The van der Waals surface area contributed by atoms with Crippen LogP contribution in [0.25, 0.3) is 0 Å². The van der Waals surface area contributed by atoms with Crippen LogP contribution in [0.4, 0.5) is 0 Å². The molecule has 0 amide bonds. The number of nitrogens with one attached hydrogen (secondary N) is 1. The molecule has 2 nitrogen and oxygen atoms in total. The zero-order chi connectivity index (χ0) is 15.0. The van der Waals surface area contributed by atoms with Gasteiger partial charge in [0.05, 0.1) is 11.2 Å². The van der Waals surface area contributed by atoms with Crippen molar-refractivity contribution in [1.82, 2.24) is 5.32 Å². The minimum absolute atomic E-state index is 0.000633. The Kier molecular flexibility index (Phi) is 4.86. The molecule has 1 saturated heterocycles. The molecule has 118 valence electrons. The third-order valence-electron chi connectivity index (χ3n) is 5.68. The molecule has 1 aliphatic heterocycles. The van der Waals surface area contributed by atoms with Gasteiger partial charge < -0.3 is 10.1 Å². The molecule has 2 rings (SSSR count). The fourth-order valence-electron chi connectivity index (χ4n) is 4.85. The van der Waals surface area contributed by atoms with Crippen molar-refractivity contribution >= 4 is 0 Å². The fourth-order valence-corrected chi connectivity index (χ4v) is 4.85. The zero-order valence-corrected chi connectivity index (χ0v) is 14.5. The summed E-state index contributed by atoms with van der Waals surface area (Å²) in [4.78, 5) is 0. The highest BCUT2D eigenvalue weighted by Crippen LogP contribution is 2.47. The Labute approximate surface area is 126 Å². The second-order valence-electron chi connectivity index (χ2n) is 8.21. The van der Waals surface area contributed by atoms with E-state index in [1.54, 1.807) is 0 Å². The maximum absolute atomic E-state index is 6.35. The van der Waals surface area contributed by atoms with Gasteiger partial charge in [-0.15, -0.1) is 0 Å². The van der Waals surface area contributed by atoms with E-state index in [0.29, 0.717) is 12.0 Å². The Morgan fingerprint density at radius 3 is 2.30 bits per heavy atom. The van der Waals surface area contributed by atoms with E-state index in [0.717, 1.165) is 18.4 Å². The van der Waals surface area contributed by atoms with Crippen LogP contribution in [0.2, 0.25) is 0 Å². The molecule has 1 aliphatic carbocycles. The first-order chi connectivity index (χ1) is 9.29. The van der Waals surface area contributed by atoms with Crippen LogP contribution in [0.3, 0.4) is 0 Å². The molecule has 0 aromatic heterocycles. The largest absolute Gasteiger partial charge is 0.369 e. The predicted molar refractivity (Wildman–Crippen MR) is 85.9 cm³/mol. The highest BCUT2D eigenvalue weighted by molar-refractivity contribution is 5.02. The molecular weight excluding hydrogens is 246 g/mol. The van der Waals surface area contributed by atoms with Crippen LogP contribution in [-0.2, 0) is 4.74 Å². The van der Waals surface area contributed by atoms with E-state index >= 15 is 0 Å². The van der Waals surface area contributed by atoms with Crippen molar-refractivity contribution in [2.24, 2.45) is 17.8 Å². The van der Waals surface area contributed by atoms with E-state index in [1.165, 1.54) is 32.1 Å². The molecule has 0 aromatic rings. The summed E-state index contributed by atoms with van der Waals surface area (Å²) < 4.78 is 6.35. The quantitative estimate of drug-likeness (QED) is 0.807. The molecule has 0 radical (unpaired) electrons. The van der Waals surface area contributed by atoms with E-state index in [9.17, 15) is 0 Å². The molecule has 20 heavy (non-hydrogen) atoms. The Balaban J connectivity index is 2.12. The number of hydrogen-bond acceptors (Lipinski definition) is 2. The van der Waals surface area contributed by atoms with Crippen molar-refractivity contribution in [3.05, 3.63) is 0 Å².